The smallest absolute Gasteiger partial charge is 0.224 e. The van der Waals surface area contributed by atoms with Gasteiger partial charge >= 0.3 is 0 Å². The maximum Gasteiger partial charge on any atom is 0.224 e. The Balaban J connectivity index is 3.17. The van der Waals surface area contributed by atoms with E-state index in [-0.39, 0.29) is 17.9 Å². The van der Waals surface area contributed by atoms with Crippen molar-refractivity contribution in [2.75, 3.05) is 0 Å². The first-order chi connectivity index (χ1) is 6.37. The molecule has 1 aliphatic rings. The molecule has 0 spiro atoms. The number of carbonyl (C=O) groups excluding carboxylic acids is 1. The summed E-state index contributed by atoms with van der Waals surface area (Å²) in [6.07, 6.45) is 0. The highest BCUT2D eigenvalue weighted by atomic mass is 16.2. The van der Waals surface area contributed by atoms with Crippen molar-refractivity contribution in [2.24, 2.45) is 5.92 Å². The average molecular weight is 193 g/mol. The molecule has 1 aliphatic heterocycles. The van der Waals surface area contributed by atoms with Crippen LogP contribution in [0.25, 0.3) is 0 Å². The van der Waals surface area contributed by atoms with Crippen LogP contribution in [0.4, 0.5) is 0 Å². The Morgan fingerprint density at radius 2 is 1.79 bits per heavy atom. The molecular formula is C12H19NO. The second kappa shape index (κ2) is 3.60. The Morgan fingerprint density at radius 3 is 2.21 bits per heavy atom. The van der Waals surface area contributed by atoms with Crippen LogP contribution < -0.4 is 0 Å². The van der Waals surface area contributed by atoms with Crippen molar-refractivity contribution in [2.45, 2.75) is 40.7 Å². The third-order valence-electron chi connectivity index (χ3n) is 3.43. The predicted molar refractivity (Wildman–Crippen MR) is 58.7 cm³/mol. The Hall–Kier alpha value is -1.05. The fourth-order valence-corrected chi connectivity index (χ4v) is 2.05. The number of carbonyl (C=O) groups is 1. The minimum atomic E-state index is 0.0844. The van der Waals surface area contributed by atoms with Crippen LogP contribution >= 0.6 is 0 Å². The minimum absolute atomic E-state index is 0.0844. The molecule has 2 heteroatoms. The number of nitrogens with zero attached hydrogens (tertiary/aromatic N) is 1. The van der Waals surface area contributed by atoms with Gasteiger partial charge in [-0.05, 0) is 20.8 Å². The van der Waals surface area contributed by atoms with Gasteiger partial charge in [0.25, 0.3) is 0 Å². The predicted octanol–water partition coefficient (Wildman–Crippen LogP) is 2.72. The zero-order valence-electron chi connectivity index (χ0n) is 9.72. The Labute approximate surface area is 86.3 Å². The van der Waals surface area contributed by atoms with Crippen molar-refractivity contribution < 1.29 is 4.79 Å². The first kappa shape index (κ1) is 11.0. The minimum Gasteiger partial charge on any atom is -0.310 e. The third kappa shape index (κ3) is 1.49. The van der Waals surface area contributed by atoms with Crippen LogP contribution in [-0.4, -0.2) is 16.8 Å². The molecule has 0 radical (unpaired) electrons. The molecule has 0 fully saturated rings. The van der Waals surface area contributed by atoms with Crippen LogP contribution in [0.3, 0.4) is 0 Å². The van der Waals surface area contributed by atoms with Crippen LogP contribution in [0.5, 0.6) is 0 Å². The quantitative estimate of drug-likeness (QED) is 0.542. The normalized spacial score (nSPS) is 28.4. The lowest BCUT2D eigenvalue weighted by Crippen LogP contribution is -2.42. The molecule has 0 aromatic carbocycles. The summed E-state index contributed by atoms with van der Waals surface area (Å²) in [5.74, 6) is 0.372. The van der Waals surface area contributed by atoms with Crippen LogP contribution in [-0.2, 0) is 4.79 Å². The van der Waals surface area contributed by atoms with E-state index in [0.717, 1.165) is 5.70 Å². The van der Waals surface area contributed by atoms with Crippen LogP contribution in [0.15, 0.2) is 23.4 Å². The van der Waals surface area contributed by atoms with Crippen LogP contribution in [0.1, 0.15) is 34.6 Å². The molecule has 14 heavy (non-hydrogen) atoms. The molecule has 2 unspecified atom stereocenters. The molecule has 1 heterocycles. The molecule has 1 amide bonds. The van der Waals surface area contributed by atoms with Crippen LogP contribution in [0, 0.1) is 5.92 Å². The molecule has 0 bridgehead atoms. The summed E-state index contributed by atoms with van der Waals surface area (Å²) in [6.45, 7) is 14.0. The first-order valence-electron chi connectivity index (χ1n) is 5.03. The van der Waals surface area contributed by atoms with E-state index in [0.29, 0.717) is 0 Å². The highest BCUT2D eigenvalue weighted by molar-refractivity contribution is 5.76. The number of rotatable bonds is 0. The van der Waals surface area contributed by atoms with E-state index >= 15 is 0 Å². The van der Waals surface area contributed by atoms with Gasteiger partial charge < -0.3 is 4.90 Å². The summed E-state index contributed by atoms with van der Waals surface area (Å²) in [7, 11) is 0. The van der Waals surface area contributed by atoms with Gasteiger partial charge in [-0.1, -0.05) is 24.6 Å². The standard InChI is InChI=1S/C12H19NO/c1-7-8(2)10(4)13(12(6)14)11(5)9(7)3/h8,11H,4H2,1-3,5-6H3. The maximum atomic E-state index is 11.5. The Morgan fingerprint density at radius 1 is 1.29 bits per heavy atom. The molecule has 78 valence electrons. The fourth-order valence-electron chi connectivity index (χ4n) is 2.05. The van der Waals surface area contributed by atoms with Crippen LogP contribution in [0.2, 0.25) is 0 Å². The molecule has 0 aromatic rings. The zero-order valence-corrected chi connectivity index (χ0v) is 9.72. The van der Waals surface area contributed by atoms with Crippen molar-refractivity contribution in [1.82, 2.24) is 4.90 Å². The van der Waals surface area contributed by atoms with Gasteiger partial charge in [-0.25, -0.2) is 0 Å². The van der Waals surface area contributed by atoms with Gasteiger partial charge in [-0.3, -0.25) is 4.79 Å². The van der Waals surface area contributed by atoms with Gasteiger partial charge in [0.05, 0.1) is 6.04 Å². The third-order valence-corrected chi connectivity index (χ3v) is 3.43. The largest absolute Gasteiger partial charge is 0.310 e. The molecule has 1 rings (SSSR count). The molecule has 0 saturated heterocycles. The Kier molecular flexibility index (Phi) is 2.84. The monoisotopic (exact) mass is 193 g/mol. The van der Waals surface area contributed by atoms with E-state index in [2.05, 4.69) is 34.3 Å². The van der Waals surface area contributed by atoms with E-state index in [4.69, 9.17) is 0 Å². The molecule has 0 N–H and O–H groups in total. The van der Waals surface area contributed by atoms with Gasteiger partial charge in [-0.15, -0.1) is 0 Å². The SMILES string of the molecule is C=C1C(C)C(C)=C(C)C(C)N1C(C)=O. The van der Waals surface area contributed by atoms with Gasteiger partial charge in [0.15, 0.2) is 0 Å². The summed E-state index contributed by atoms with van der Waals surface area (Å²) in [5.41, 5.74) is 3.56. The number of amides is 1. The number of allylic oxidation sites excluding steroid dienone is 1. The zero-order chi connectivity index (χ0) is 11.0. The summed E-state index contributed by atoms with van der Waals surface area (Å²) in [5, 5.41) is 0. The molecular weight excluding hydrogens is 174 g/mol. The second-order valence-corrected chi connectivity index (χ2v) is 4.14. The van der Waals surface area contributed by atoms with Gasteiger partial charge in [0, 0.05) is 18.5 Å². The van der Waals surface area contributed by atoms with Crippen molar-refractivity contribution in [3.63, 3.8) is 0 Å². The van der Waals surface area contributed by atoms with Gasteiger partial charge in [0.1, 0.15) is 0 Å². The van der Waals surface area contributed by atoms with Crippen molar-refractivity contribution >= 4 is 5.91 Å². The van der Waals surface area contributed by atoms with E-state index < -0.39 is 0 Å². The topological polar surface area (TPSA) is 20.3 Å². The fraction of sp³-hybridized carbons (Fsp3) is 0.583. The Bertz CT molecular complexity index is 314. The summed E-state index contributed by atoms with van der Waals surface area (Å²) in [6, 6.07) is 0.163. The highest BCUT2D eigenvalue weighted by Gasteiger charge is 2.31. The maximum absolute atomic E-state index is 11.5. The van der Waals surface area contributed by atoms with E-state index in [1.807, 2.05) is 0 Å². The lowest BCUT2D eigenvalue weighted by Gasteiger charge is -2.39. The summed E-state index contributed by atoms with van der Waals surface area (Å²) < 4.78 is 0. The lowest BCUT2D eigenvalue weighted by atomic mass is 9.86. The van der Waals surface area contributed by atoms with E-state index in [9.17, 15) is 4.79 Å². The molecule has 0 aliphatic carbocycles. The van der Waals surface area contributed by atoms with Crippen molar-refractivity contribution in [3.05, 3.63) is 23.4 Å². The highest BCUT2D eigenvalue weighted by Crippen LogP contribution is 2.34. The lowest BCUT2D eigenvalue weighted by molar-refractivity contribution is -0.128. The molecule has 2 nitrogen and oxygen atoms in total. The van der Waals surface area contributed by atoms with Gasteiger partial charge in [0.2, 0.25) is 5.91 Å². The number of hydrogen-bond acceptors (Lipinski definition) is 1. The van der Waals surface area contributed by atoms with Crippen molar-refractivity contribution in [3.8, 4) is 0 Å². The average Bonchev–Trinajstić information content (AvgIpc) is 2.11. The molecule has 0 aromatic heterocycles. The first-order valence-corrected chi connectivity index (χ1v) is 5.03. The molecule has 2 atom stereocenters. The van der Waals surface area contributed by atoms with E-state index in [1.165, 1.54) is 11.1 Å². The van der Waals surface area contributed by atoms with Gasteiger partial charge in [-0.2, -0.15) is 0 Å². The second-order valence-electron chi connectivity index (χ2n) is 4.14. The number of hydrogen-bond donors (Lipinski definition) is 0. The summed E-state index contributed by atoms with van der Waals surface area (Å²) in [4.78, 5) is 13.3. The van der Waals surface area contributed by atoms with E-state index in [1.54, 1.807) is 11.8 Å². The van der Waals surface area contributed by atoms with Crippen molar-refractivity contribution in [1.29, 1.82) is 0 Å². The molecule has 0 saturated carbocycles. The summed E-state index contributed by atoms with van der Waals surface area (Å²) >= 11 is 0.